The first-order chi connectivity index (χ1) is 8.09. The Hall–Kier alpha value is -1.13. The molecular formula is C13H19FN2O. The van der Waals surface area contributed by atoms with Crippen LogP contribution < -0.4 is 10.6 Å². The summed E-state index contributed by atoms with van der Waals surface area (Å²) >= 11 is 0. The van der Waals surface area contributed by atoms with Gasteiger partial charge in [-0.15, -0.1) is 0 Å². The number of benzene rings is 1. The molecule has 0 radical (unpaired) electrons. The fourth-order valence-corrected chi connectivity index (χ4v) is 2.32. The van der Waals surface area contributed by atoms with Crippen LogP contribution >= 0.6 is 0 Å². The first kappa shape index (κ1) is 12.3. The van der Waals surface area contributed by atoms with Crippen LogP contribution in [0.1, 0.15) is 31.4 Å². The van der Waals surface area contributed by atoms with Gasteiger partial charge in [0.15, 0.2) is 0 Å². The quantitative estimate of drug-likeness (QED) is 0.826. The van der Waals surface area contributed by atoms with E-state index in [4.69, 9.17) is 5.73 Å². The van der Waals surface area contributed by atoms with E-state index in [2.05, 4.69) is 0 Å². The van der Waals surface area contributed by atoms with E-state index in [0.717, 1.165) is 5.56 Å². The van der Waals surface area contributed by atoms with Crippen molar-refractivity contribution in [2.45, 2.75) is 31.9 Å². The van der Waals surface area contributed by atoms with Crippen LogP contribution in [0.4, 0.5) is 10.1 Å². The summed E-state index contributed by atoms with van der Waals surface area (Å²) in [7, 11) is 0. The molecule has 0 saturated carbocycles. The second-order valence-corrected chi connectivity index (χ2v) is 4.68. The van der Waals surface area contributed by atoms with Gasteiger partial charge in [-0.2, -0.15) is 0 Å². The number of piperidine rings is 1. The van der Waals surface area contributed by atoms with Crippen LogP contribution in [0.3, 0.4) is 0 Å². The molecule has 1 saturated heterocycles. The number of anilines is 1. The van der Waals surface area contributed by atoms with Gasteiger partial charge < -0.3 is 15.7 Å². The van der Waals surface area contributed by atoms with Crippen LogP contribution in [0.15, 0.2) is 18.2 Å². The summed E-state index contributed by atoms with van der Waals surface area (Å²) in [5, 5.41) is 9.48. The Balaban J connectivity index is 2.30. The maximum atomic E-state index is 13.9. The van der Waals surface area contributed by atoms with Crippen molar-refractivity contribution in [3.05, 3.63) is 29.6 Å². The van der Waals surface area contributed by atoms with Crippen LogP contribution in [0, 0.1) is 5.82 Å². The van der Waals surface area contributed by atoms with Crippen molar-refractivity contribution in [1.29, 1.82) is 0 Å². The molecule has 1 fully saturated rings. The van der Waals surface area contributed by atoms with Gasteiger partial charge in [-0.25, -0.2) is 4.39 Å². The summed E-state index contributed by atoms with van der Waals surface area (Å²) in [5.74, 6) is -0.226. The minimum atomic E-state index is -0.253. The van der Waals surface area contributed by atoms with E-state index >= 15 is 0 Å². The number of nitrogens with two attached hydrogens (primary N) is 1. The predicted octanol–water partition coefficient (Wildman–Crippen LogP) is 1.81. The molecule has 0 spiro atoms. The summed E-state index contributed by atoms with van der Waals surface area (Å²) in [6.07, 6.45) is 1.12. The number of hydrogen-bond donors (Lipinski definition) is 2. The Morgan fingerprint density at radius 1 is 1.41 bits per heavy atom. The predicted molar refractivity (Wildman–Crippen MR) is 66.5 cm³/mol. The van der Waals surface area contributed by atoms with Crippen molar-refractivity contribution in [2.24, 2.45) is 5.73 Å². The van der Waals surface area contributed by atoms with Crippen molar-refractivity contribution in [3.8, 4) is 0 Å². The molecule has 0 unspecified atom stereocenters. The second-order valence-electron chi connectivity index (χ2n) is 4.68. The molecule has 1 aromatic carbocycles. The summed E-state index contributed by atoms with van der Waals surface area (Å²) in [5.41, 5.74) is 7.32. The van der Waals surface area contributed by atoms with Gasteiger partial charge in [0, 0.05) is 19.1 Å². The lowest BCUT2D eigenvalue weighted by Crippen LogP contribution is -2.37. The first-order valence-electron chi connectivity index (χ1n) is 6.06. The number of nitrogens with zero attached hydrogens (tertiary/aromatic N) is 1. The van der Waals surface area contributed by atoms with Gasteiger partial charge in [-0.1, -0.05) is 12.1 Å². The third kappa shape index (κ3) is 2.58. The Bertz CT molecular complexity index is 387. The average molecular weight is 238 g/mol. The highest BCUT2D eigenvalue weighted by Crippen LogP contribution is 2.30. The monoisotopic (exact) mass is 238 g/mol. The fraction of sp³-hybridized carbons (Fsp3) is 0.538. The van der Waals surface area contributed by atoms with Gasteiger partial charge in [0.2, 0.25) is 0 Å². The third-order valence-corrected chi connectivity index (χ3v) is 3.29. The normalized spacial score (nSPS) is 19.4. The molecule has 0 bridgehead atoms. The number of aliphatic hydroxyl groups is 1. The first-order valence-corrected chi connectivity index (χ1v) is 6.06. The molecule has 0 aromatic heterocycles. The molecule has 2 rings (SSSR count). The lowest BCUT2D eigenvalue weighted by atomic mass is 10.0. The smallest absolute Gasteiger partial charge is 0.146 e. The van der Waals surface area contributed by atoms with E-state index in [-0.39, 0.29) is 18.0 Å². The highest BCUT2D eigenvalue weighted by atomic mass is 19.1. The summed E-state index contributed by atoms with van der Waals surface area (Å²) in [6.45, 7) is 3.22. The highest BCUT2D eigenvalue weighted by molar-refractivity contribution is 5.56. The van der Waals surface area contributed by atoms with Gasteiger partial charge in [0.25, 0.3) is 0 Å². The zero-order valence-corrected chi connectivity index (χ0v) is 10.1. The summed E-state index contributed by atoms with van der Waals surface area (Å²) in [4.78, 5) is 1.99. The van der Waals surface area contributed by atoms with Crippen molar-refractivity contribution in [1.82, 2.24) is 0 Å². The molecule has 1 atom stereocenters. The SMILES string of the molecule is C[C@@H](N)c1cccc(F)c1N1CCC(O)CC1. The standard InChI is InChI=1S/C13H19FN2O/c1-9(15)11-3-2-4-12(14)13(11)16-7-5-10(17)6-8-16/h2-4,9-10,17H,5-8,15H2,1H3/t9-/m1/s1. The van der Waals surface area contributed by atoms with E-state index in [9.17, 15) is 9.50 Å². The van der Waals surface area contributed by atoms with Gasteiger partial charge in [-0.3, -0.25) is 0 Å². The number of para-hydroxylation sites is 1. The maximum Gasteiger partial charge on any atom is 0.146 e. The van der Waals surface area contributed by atoms with Crippen LogP contribution in [0.5, 0.6) is 0 Å². The Kier molecular flexibility index (Phi) is 3.64. The minimum absolute atomic E-state index is 0.187. The van der Waals surface area contributed by atoms with Crippen LogP contribution in [0.2, 0.25) is 0 Å². The lowest BCUT2D eigenvalue weighted by Gasteiger charge is -2.33. The van der Waals surface area contributed by atoms with Crippen molar-refractivity contribution in [3.63, 3.8) is 0 Å². The number of aliphatic hydroxyl groups excluding tert-OH is 1. The molecule has 1 aliphatic heterocycles. The second kappa shape index (κ2) is 5.02. The van der Waals surface area contributed by atoms with E-state index in [1.54, 1.807) is 6.07 Å². The number of hydrogen-bond acceptors (Lipinski definition) is 3. The number of halogens is 1. The fourth-order valence-electron chi connectivity index (χ4n) is 2.32. The van der Waals surface area contributed by atoms with Crippen LogP contribution in [-0.4, -0.2) is 24.3 Å². The Morgan fingerprint density at radius 3 is 2.65 bits per heavy atom. The Morgan fingerprint density at radius 2 is 2.06 bits per heavy atom. The molecule has 3 N–H and O–H groups in total. The molecule has 4 heteroatoms. The topological polar surface area (TPSA) is 49.5 Å². The molecule has 0 aliphatic carbocycles. The maximum absolute atomic E-state index is 13.9. The van der Waals surface area contributed by atoms with Crippen molar-refractivity contribution >= 4 is 5.69 Å². The largest absolute Gasteiger partial charge is 0.393 e. The molecule has 0 amide bonds. The van der Waals surface area contributed by atoms with Gasteiger partial charge >= 0.3 is 0 Å². The highest BCUT2D eigenvalue weighted by Gasteiger charge is 2.22. The zero-order valence-electron chi connectivity index (χ0n) is 10.1. The molecule has 1 aromatic rings. The summed E-state index contributed by atoms with van der Waals surface area (Å²) in [6, 6.07) is 4.84. The van der Waals surface area contributed by atoms with E-state index in [1.807, 2.05) is 17.9 Å². The van der Waals surface area contributed by atoms with Gasteiger partial charge in [-0.05, 0) is 31.4 Å². The van der Waals surface area contributed by atoms with Gasteiger partial charge in [0.1, 0.15) is 5.82 Å². The molecular weight excluding hydrogens is 219 g/mol. The van der Waals surface area contributed by atoms with Crippen molar-refractivity contribution in [2.75, 3.05) is 18.0 Å². The molecule has 94 valence electrons. The van der Waals surface area contributed by atoms with E-state index in [0.29, 0.717) is 31.6 Å². The van der Waals surface area contributed by atoms with Crippen LogP contribution in [0.25, 0.3) is 0 Å². The molecule has 17 heavy (non-hydrogen) atoms. The van der Waals surface area contributed by atoms with Gasteiger partial charge in [0.05, 0.1) is 11.8 Å². The molecule has 3 nitrogen and oxygen atoms in total. The summed E-state index contributed by atoms with van der Waals surface area (Å²) < 4.78 is 13.9. The van der Waals surface area contributed by atoms with E-state index in [1.165, 1.54) is 6.07 Å². The van der Waals surface area contributed by atoms with Crippen molar-refractivity contribution < 1.29 is 9.50 Å². The average Bonchev–Trinajstić information content (AvgIpc) is 2.30. The number of rotatable bonds is 2. The Labute approximate surface area is 101 Å². The van der Waals surface area contributed by atoms with Crippen LogP contribution in [-0.2, 0) is 0 Å². The lowest BCUT2D eigenvalue weighted by molar-refractivity contribution is 0.145. The van der Waals surface area contributed by atoms with E-state index < -0.39 is 0 Å². The zero-order chi connectivity index (χ0) is 12.4. The minimum Gasteiger partial charge on any atom is -0.393 e. The third-order valence-electron chi connectivity index (χ3n) is 3.29. The molecule has 1 aliphatic rings. The molecule has 1 heterocycles.